The second kappa shape index (κ2) is 5.53. The zero-order valence-electron chi connectivity index (χ0n) is 11.2. The topological polar surface area (TPSA) is 15.8 Å². The summed E-state index contributed by atoms with van der Waals surface area (Å²) in [6.07, 6.45) is 5.10. The molecule has 0 aliphatic heterocycles. The number of H-pyrrole nitrogens is 1. The van der Waals surface area contributed by atoms with E-state index in [1.54, 1.807) is 0 Å². The summed E-state index contributed by atoms with van der Waals surface area (Å²) >= 11 is 2.40. The van der Waals surface area contributed by atoms with Gasteiger partial charge in [-0.25, -0.2) is 0 Å². The minimum Gasteiger partial charge on any atom is -0.354 e. The van der Waals surface area contributed by atoms with Gasteiger partial charge in [0, 0.05) is 19.9 Å². The highest BCUT2D eigenvalue weighted by Gasteiger charge is 2.07. The number of hydrogen-bond acceptors (Lipinski definition) is 0. The Balaban J connectivity index is 2.06. The summed E-state index contributed by atoms with van der Waals surface area (Å²) in [5.74, 6) is 0. The first-order valence-corrected chi connectivity index (χ1v) is 8.06. The second-order valence-corrected chi connectivity index (χ2v) is 6.29. The van der Waals surface area contributed by atoms with Crippen LogP contribution in [0.25, 0.3) is 21.8 Å². The van der Waals surface area contributed by atoms with Crippen LogP contribution in [0.15, 0.2) is 36.4 Å². The predicted octanol–water partition coefficient (Wildman–Crippen LogP) is 5.66. The largest absolute Gasteiger partial charge is 0.354 e. The molecule has 0 unspecified atom stereocenters. The lowest BCUT2D eigenvalue weighted by atomic mass is 10.0. The molecule has 1 nitrogen and oxygen atoms in total. The number of rotatable bonds is 4. The lowest BCUT2D eigenvalue weighted by Crippen LogP contribution is -1.84. The zero-order chi connectivity index (χ0) is 13.2. The average molecular weight is 363 g/mol. The smallest absolute Gasteiger partial charge is 0.0600 e. The van der Waals surface area contributed by atoms with Crippen LogP contribution in [0.4, 0.5) is 0 Å². The zero-order valence-corrected chi connectivity index (χ0v) is 13.3. The van der Waals surface area contributed by atoms with Gasteiger partial charge in [-0.05, 0) is 59.2 Å². The van der Waals surface area contributed by atoms with Crippen LogP contribution in [0.5, 0.6) is 0 Å². The van der Waals surface area contributed by atoms with Gasteiger partial charge in [0.15, 0.2) is 0 Å². The Kier molecular flexibility index (Phi) is 3.78. The lowest BCUT2D eigenvalue weighted by molar-refractivity contribution is 0.718. The van der Waals surface area contributed by atoms with Gasteiger partial charge in [0.05, 0.1) is 5.52 Å². The highest BCUT2D eigenvalue weighted by atomic mass is 127. The minimum atomic E-state index is 1.19. The molecule has 0 fully saturated rings. The second-order valence-electron chi connectivity index (χ2n) is 5.12. The molecule has 3 aromatic rings. The SMILES string of the molecule is CCCCCc1ccc2[nH]c3c(I)cccc3c2c1. The molecule has 1 heterocycles. The first-order chi connectivity index (χ1) is 9.29. The Bertz CT molecular complexity index is 712. The van der Waals surface area contributed by atoms with Crippen LogP contribution in [0.3, 0.4) is 0 Å². The number of aryl methyl sites for hydroxylation is 1. The van der Waals surface area contributed by atoms with Crippen LogP contribution in [-0.2, 0) is 6.42 Å². The molecule has 0 saturated heterocycles. The van der Waals surface area contributed by atoms with Gasteiger partial charge >= 0.3 is 0 Å². The Morgan fingerprint density at radius 1 is 1.05 bits per heavy atom. The van der Waals surface area contributed by atoms with Crippen LogP contribution in [0.1, 0.15) is 31.7 Å². The van der Waals surface area contributed by atoms with Crippen molar-refractivity contribution in [3.8, 4) is 0 Å². The van der Waals surface area contributed by atoms with E-state index in [9.17, 15) is 0 Å². The molecule has 0 bridgehead atoms. The molecule has 1 N–H and O–H groups in total. The molecule has 0 spiro atoms. The van der Waals surface area contributed by atoms with Crippen molar-refractivity contribution in [1.29, 1.82) is 0 Å². The van der Waals surface area contributed by atoms with E-state index < -0.39 is 0 Å². The van der Waals surface area contributed by atoms with Crippen LogP contribution in [0, 0.1) is 3.57 Å². The third-order valence-corrected chi connectivity index (χ3v) is 4.62. The quantitative estimate of drug-likeness (QED) is 0.455. The molecular weight excluding hydrogens is 345 g/mol. The predicted molar refractivity (Wildman–Crippen MR) is 91.8 cm³/mol. The van der Waals surface area contributed by atoms with Crippen molar-refractivity contribution in [2.45, 2.75) is 32.6 Å². The summed E-state index contributed by atoms with van der Waals surface area (Å²) < 4.78 is 1.29. The van der Waals surface area contributed by atoms with Gasteiger partial charge < -0.3 is 4.98 Å². The fraction of sp³-hybridized carbons (Fsp3) is 0.294. The van der Waals surface area contributed by atoms with Crippen molar-refractivity contribution in [2.75, 3.05) is 0 Å². The number of aromatic nitrogens is 1. The monoisotopic (exact) mass is 363 g/mol. The van der Waals surface area contributed by atoms with E-state index in [4.69, 9.17) is 0 Å². The Hall–Kier alpha value is -1.03. The van der Waals surface area contributed by atoms with Gasteiger partial charge in [-0.3, -0.25) is 0 Å². The number of unbranched alkanes of at least 4 members (excludes halogenated alkanes) is 2. The van der Waals surface area contributed by atoms with E-state index in [0.29, 0.717) is 0 Å². The molecule has 19 heavy (non-hydrogen) atoms. The Labute approximate surface area is 127 Å². The highest BCUT2D eigenvalue weighted by molar-refractivity contribution is 14.1. The fourth-order valence-corrected chi connectivity index (χ4v) is 3.30. The maximum atomic E-state index is 3.53. The van der Waals surface area contributed by atoms with Gasteiger partial charge in [-0.1, -0.05) is 38.0 Å². The number of aromatic amines is 1. The van der Waals surface area contributed by atoms with Crippen LogP contribution < -0.4 is 0 Å². The standard InChI is InChI=1S/C17H18IN/c1-2-3-4-6-12-9-10-16-14(11-12)13-7-5-8-15(18)17(13)19-16/h5,7-11,19H,2-4,6H2,1H3. The van der Waals surface area contributed by atoms with Crippen molar-refractivity contribution in [1.82, 2.24) is 4.98 Å². The van der Waals surface area contributed by atoms with Crippen molar-refractivity contribution < 1.29 is 0 Å². The van der Waals surface area contributed by atoms with Crippen molar-refractivity contribution in [3.63, 3.8) is 0 Å². The molecule has 0 saturated carbocycles. The summed E-state index contributed by atoms with van der Waals surface area (Å²) in [6, 6.07) is 13.4. The van der Waals surface area contributed by atoms with Gasteiger partial charge in [-0.2, -0.15) is 0 Å². The maximum Gasteiger partial charge on any atom is 0.0600 e. The van der Waals surface area contributed by atoms with E-state index in [2.05, 4.69) is 70.9 Å². The van der Waals surface area contributed by atoms with E-state index in [-0.39, 0.29) is 0 Å². The van der Waals surface area contributed by atoms with Crippen LogP contribution in [-0.4, -0.2) is 4.98 Å². The molecule has 0 radical (unpaired) electrons. The number of hydrogen-bond donors (Lipinski definition) is 1. The third-order valence-electron chi connectivity index (χ3n) is 3.72. The number of benzene rings is 2. The van der Waals surface area contributed by atoms with E-state index in [1.165, 1.54) is 56.6 Å². The number of nitrogens with one attached hydrogen (secondary N) is 1. The van der Waals surface area contributed by atoms with Crippen molar-refractivity contribution in [2.24, 2.45) is 0 Å². The maximum absolute atomic E-state index is 3.53. The molecule has 2 aromatic carbocycles. The first-order valence-electron chi connectivity index (χ1n) is 6.98. The number of halogens is 1. The Morgan fingerprint density at radius 2 is 1.95 bits per heavy atom. The molecule has 0 aliphatic rings. The molecule has 0 aliphatic carbocycles. The molecule has 0 atom stereocenters. The highest BCUT2D eigenvalue weighted by Crippen LogP contribution is 2.29. The minimum absolute atomic E-state index is 1.19. The average Bonchev–Trinajstić information content (AvgIpc) is 2.79. The summed E-state index contributed by atoms with van der Waals surface area (Å²) in [7, 11) is 0. The van der Waals surface area contributed by atoms with Gasteiger partial charge in [0.25, 0.3) is 0 Å². The third kappa shape index (κ3) is 2.50. The van der Waals surface area contributed by atoms with E-state index in [0.717, 1.165) is 0 Å². The lowest BCUT2D eigenvalue weighted by Gasteiger charge is -2.01. The summed E-state index contributed by atoms with van der Waals surface area (Å²) in [6.45, 7) is 2.25. The molecule has 2 heteroatoms. The first kappa shape index (κ1) is 13.0. The van der Waals surface area contributed by atoms with Gasteiger partial charge in [0.1, 0.15) is 0 Å². The summed E-state index contributed by atoms with van der Waals surface area (Å²) in [4.78, 5) is 3.53. The summed E-state index contributed by atoms with van der Waals surface area (Å²) in [5.41, 5.74) is 3.97. The van der Waals surface area contributed by atoms with Gasteiger partial charge in [-0.15, -0.1) is 0 Å². The van der Waals surface area contributed by atoms with E-state index >= 15 is 0 Å². The van der Waals surface area contributed by atoms with Crippen molar-refractivity contribution in [3.05, 3.63) is 45.5 Å². The van der Waals surface area contributed by atoms with Crippen LogP contribution in [0.2, 0.25) is 0 Å². The molecular formula is C17H18IN. The van der Waals surface area contributed by atoms with Crippen molar-refractivity contribution >= 4 is 44.4 Å². The number of fused-ring (bicyclic) bond motifs is 3. The number of para-hydroxylation sites is 1. The Morgan fingerprint density at radius 3 is 2.79 bits per heavy atom. The van der Waals surface area contributed by atoms with E-state index in [1.807, 2.05) is 0 Å². The fourth-order valence-electron chi connectivity index (χ4n) is 2.67. The summed E-state index contributed by atoms with van der Waals surface area (Å²) in [5, 5.41) is 2.71. The van der Waals surface area contributed by atoms with Gasteiger partial charge in [0.2, 0.25) is 0 Å². The van der Waals surface area contributed by atoms with Crippen LogP contribution >= 0.6 is 22.6 Å². The molecule has 3 rings (SSSR count). The molecule has 98 valence electrons. The molecule has 1 aromatic heterocycles. The molecule has 0 amide bonds. The normalized spacial score (nSPS) is 11.5.